The standard InChI is InChI=1S/C19H24N2O6S/c1-24-16-6-13(7-17(10-16)25-2)11-21-5-4-14-8-19(27-28(20,22)23)18(26-3)9-15(14)12-21/h6-10H,4-5,11-12H2,1-3H3,(H2,20,22,23). The molecular formula is C19H24N2O6S. The first kappa shape index (κ1) is 20.2. The molecule has 1 aliphatic rings. The van der Waals surface area contributed by atoms with Crippen LogP contribution in [0.3, 0.4) is 0 Å². The summed E-state index contributed by atoms with van der Waals surface area (Å²) in [4.78, 5) is 2.29. The molecule has 0 atom stereocenters. The molecule has 28 heavy (non-hydrogen) atoms. The minimum atomic E-state index is -4.12. The van der Waals surface area contributed by atoms with Crippen molar-refractivity contribution in [1.29, 1.82) is 0 Å². The van der Waals surface area contributed by atoms with Gasteiger partial charge in [0.15, 0.2) is 11.5 Å². The number of nitrogens with two attached hydrogens (primary N) is 1. The maximum atomic E-state index is 11.3. The van der Waals surface area contributed by atoms with Gasteiger partial charge in [0.05, 0.1) is 21.3 Å². The van der Waals surface area contributed by atoms with Crippen molar-refractivity contribution < 1.29 is 26.8 Å². The second-order valence-electron chi connectivity index (χ2n) is 6.53. The predicted molar refractivity (Wildman–Crippen MR) is 104 cm³/mol. The number of benzene rings is 2. The summed E-state index contributed by atoms with van der Waals surface area (Å²) in [5.41, 5.74) is 3.15. The van der Waals surface area contributed by atoms with Gasteiger partial charge in [-0.15, -0.1) is 0 Å². The van der Waals surface area contributed by atoms with Crippen LogP contribution in [0.1, 0.15) is 16.7 Å². The molecule has 2 aromatic rings. The molecule has 0 fully saturated rings. The number of fused-ring (bicyclic) bond motifs is 1. The van der Waals surface area contributed by atoms with Gasteiger partial charge in [0.2, 0.25) is 0 Å². The second kappa shape index (κ2) is 8.26. The molecule has 0 bridgehead atoms. The first-order chi connectivity index (χ1) is 13.3. The maximum Gasteiger partial charge on any atom is 0.380 e. The zero-order valence-electron chi connectivity index (χ0n) is 16.1. The molecule has 152 valence electrons. The summed E-state index contributed by atoms with van der Waals surface area (Å²) in [5.74, 6) is 1.93. The lowest BCUT2D eigenvalue weighted by Crippen LogP contribution is -2.30. The lowest BCUT2D eigenvalue weighted by Gasteiger charge is -2.29. The SMILES string of the molecule is COc1cc(CN2CCc3cc(OS(N)(=O)=O)c(OC)cc3C2)cc(OC)c1. The Morgan fingerprint density at radius 2 is 1.57 bits per heavy atom. The molecule has 0 aromatic heterocycles. The van der Waals surface area contributed by atoms with E-state index < -0.39 is 10.3 Å². The van der Waals surface area contributed by atoms with Gasteiger partial charge in [-0.1, -0.05) is 0 Å². The van der Waals surface area contributed by atoms with Crippen molar-refractivity contribution in [3.63, 3.8) is 0 Å². The highest BCUT2D eigenvalue weighted by Gasteiger charge is 2.21. The number of rotatable bonds is 7. The van der Waals surface area contributed by atoms with Gasteiger partial charge in [-0.3, -0.25) is 4.90 Å². The van der Waals surface area contributed by atoms with Crippen molar-refractivity contribution in [3.05, 3.63) is 47.0 Å². The van der Waals surface area contributed by atoms with Gasteiger partial charge in [-0.05, 0) is 47.4 Å². The molecule has 0 spiro atoms. The van der Waals surface area contributed by atoms with Gasteiger partial charge in [0.1, 0.15) is 11.5 Å². The van der Waals surface area contributed by atoms with Gasteiger partial charge in [-0.25, -0.2) is 0 Å². The zero-order chi connectivity index (χ0) is 20.3. The molecule has 0 unspecified atom stereocenters. The largest absolute Gasteiger partial charge is 0.497 e. The first-order valence-electron chi connectivity index (χ1n) is 8.67. The molecule has 1 heterocycles. The third-order valence-electron chi connectivity index (χ3n) is 4.60. The predicted octanol–water partition coefficient (Wildman–Crippen LogP) is 1.85. The molecule has 0 radical (unpaired) electrons. The van der Waals surface area contributed by atoms with E-state index in [-0.39, 0.29) is 5.75 Å². The fourth-order valence-corrected chi connectivity index (χ4v) is 3.70. The summed E-state index contributed by atoms with van der Waals surface area (Å²) >= 11 is 0. The molecule has 0 aliphatic carbocycles. The average Bonchev–Trinajstić information content (AvgIpc) is 2.66. The molecule has 3 rings (SSSR count). The van der Waals surface area contributed by atoms with Crippen LogP contribution < -0.4 is 23.5 Å². The topological polar surface area (TPSA) is 100 Å². The lowest BCUT2D eigenvalue weighted by atomic mass is 9.98. The summed E-state index contributed by atoms with van der Waals surface area (Å²) in [6.45, 7) is 2.24. The van der Waals surface area contributed by atoms with E-state index in [1.165, 1.54) is 7.11 Å². The van der Waals surface area contributed by atoms with E-state index in [1.54, 1.807) is 26.4 Å². The third kappa shape index (κ3) is 4.86. The number of methoxy groups -OCH3 is 3. The van der Waals surface area contributed by atoms with Crippen molar-refractivity contribution in [2.45, 2.75) is 19.5 Å². The molecular weight excluding hydrogens is 384 g/mol. The molecule has 8 nitrogen and oxygen atoms in total. The summed E-state index contributed by atoms with van der Waals surface area (Å²) in [7, 11) is 0.600. The Morgan fingerprint density at radius 3 is 2.14 bits per heavy atom. The van der Waals surface area contributed by atoms with Crippen molar-refractivity contribution in [1.82, 2.24) is 4.90 Å². The normalized spacial score (nSPS) is 14.3. The van der Waals surface area contributed by atoms with Gasteiger partial charge in [-0.2, -0.15) is 13.6 Å². The molecule has 0 saturated heterocycles. The summed E-state index contributed by atoms with van der Waals surface area (Å²) in [6, 6.07) is 9.30. The monoisotopic (exact) mass is 408 g/mol. The average molecular weight is 408 g/mol. The number of hydrogen-bond donors (Lipinski definition) is 1. The number of hydrogen-bond acceptors (Lipinski definition) is 7. The Hall–Kier alpha value is -2.49. The minimum Gasteiger partial charge on any atom is -0.497 e. The number of nitrogens with zero attached hydrogens (tertiary/aromatic N) is 1. The molecule has 9 heteroatoms. The van der Waals surface area contributed by atoms with Crippen LogP contribution in [-0.4, -0.2) is 41.2 Å². The summed E-state index contributed by atoms with van der Waals surface area (Å²) < 4.78 is 43.3. The van der Waals surface area contributed by atoms with E-state index in [1.807, 2.05) is 18.2 Å². The van der Waals surface area contributed by atoms with Gasteiger partial charge in [0, 0.05) is 25.7 Å². The quantitative estimate of drug-likeness (QED) is 0.746. The highest BCUT2D eigenvalue weighted by molar-refractivity contribution is 7.84. The van der Waals surface area contributed by atoms with Crippen LogP contribution in [0.5, 0.6) is 23.0 Å². The summed E-state index contributed by atoms with van der Waals surface area (Å²) in [6.07, 6.45) is 0.751. The van der Waals surface area contributed by atoms with Crippen LogP contribution >= 0.6 is 0 Å². The number of ether oxygens (including phenoxy) is 3. The van der Waals surface area contributed by atoms with Crippen LogP contribution in [0, 0.1) is 0 Å². The van der Waals surface area contributed by atoms with Crippen LogP contribution in [0.4, 0.5) is 0 Å². The molecule has 2 aromatic carbocycles. The molecule has 0 amide bonds. The molecule has 1 aliphatic heterocycles. The van der Waals surface area contributed by atoms with Crippen molar-refractivity contribution in [2.75, 3.05) is 27.9 Å². The first-order valence-corrected chi connectivity index (χ1v) is 10.1. The third-order valence-corrected chi connectivity index (χ3v) is 5.01. The minimum absolute atomic E-state index is 0.106. The Morgan fingerprint density at radius 1 is 0.929 bits per heavy atom. The van der Waals surface area contributed by atoms with Crippen molar-refractivity contribution >= 4 is 10.3 Å². The lowest BCUT2D eigenvalue weighted by molar-refractivity contribution is 0.244. The van der Waals surface area contributed by atoms with Crippen LogP contribution in [0.2, 0.25) is 0 Å². The van der Waals surface area contributed by atoms with Crippen LogP contribution in [0.15, 0.2) is 30.3 Å². The maximum absolute atomic E-state index is 11.3. The Labute approximate surface area is 165 Å². The Kier molecular flexibility index (Phi) is 5.97. The highest BCUT2D eigenvalue weighted by Crippen LogP contribution is 2.34. The zero-order valence-corrected chi connectivity index (χ0v) is 16.9. The second-order valence-corrected chi connectivity index (χ2v) is 7.68. The van der Waals surface area contributed by atoms with E-state index in [4.69, 9.17) is 23.5 Å². The van der Waals surface area contributed by atoms with Crippen molar-refractivity contribution in [2.24, 2.45) is 5.14 Å². The van der Waals surface area contributed by atoms with Gasteiger partial charge in [0.25, 0.3) is 0 Å². The Bertz CT molecular complexity index is 939. The fraction of sp³-hybridized carbons (Fsp3) is 0.368. The van der Waals surface area contributed by atoms with E-state index in [2.05, 4.69) is 4.90 Å². The van der Waals surface area contributed by atoms with E-state index in [9.17, 15) is 8.42 Å². The van der Waals surface area contributed by atoms with Gasteiger partial charge < -0.3 is 18.4 Å². The van der Waals surface area contributed by atoms with Crippen LogP contribution in [0.25, 0.3) is 0 Å². The highest BCUT2D eigenvalue weighted by atomic mass is 32.2. The van der Waals surface area contributed by atoms with E-state index in [0.29, 0.717) is 12.3 Å². The molecule has 2 N–H and O–H groups in total. The fourth-order valence-electron chi connectivity index (χ4n) is 3.32. The Balaban J connectivity index is 1.81. The van der Waals surface area contributed by atoms with Crippen LogP contribution in [-0.2, 0) is 29.8 Å². The smallest absolute Gasteiger partial charge is 0.380 e. The van der Waals surface area contributed by atoms with E-state index >= 15 is 0 Å². The summed E-state index contributed by atoms with van der Waals surface area (Å²) in [5, 5.41) is 4.99. The molecule has 0 saturated carbocycles. The van der Waals surface area contributed by atoms with E-state index in [0.717, 1.165) is 47.7 Å². The van der Waals surface area contributed by atoms with Gasteiger partial charge >= 0.3 is 10.3 Å². The van der Waals surface area contributed by atoms with Crippen molar-refractivity contribution in [3.8, 4) is 23.0 Å².